The minimum absolute atomic E-state index is 0.00474. The van der Waals surface area contributed by atoms with Crippen LogP contribution in [0.15, 0.2) is 60.7 Å². The van der Waals surface area contributed by atoms with Crippen molar-refractivity contribution in [2.24, 2.45) is 5.73 Å². The summed E-state index contributed by atoms with van der Waals surface area (Å²) in [5, 5.41) is 11.9. The highest BCUT2D eigenvalue weighted by atomic mass is 16.5. The normalized spacial score (nSPS) is 10.3. The molecule has 0 heterocycles. The molecule has 0 spiro atoms. The van der Waals surface area contributed by atoms with E-state index in [4.69, 9.17) is 15.9 Å². The van der Waals surface area contributed by atoms with Gasteiger partial charge in [0.1, 0.15) is 11.6 Å². The zero-order valence-electron chi connectivity index (χ0n) is 14.1. The highest BCUT2D eigenvalue weighted by Crippen LogP contribution is 2.23. The predicted molar refractivity (Wildman–Crippen MR) is 101 cm³/mol. The summed E-state index contributed by atoms with van der Waals surface area (Å²) in [6, 6.07) is 17.1. The highest BCUT2D eigenvalue weighted by molar-refractivity contribution is 5.99. The Hall–Kier alpha value is -3.67. The lowest BCUT2D eigenvalue weighted by atomic mass is 10.1. The summed E-state index contributed by atoms with van der Waals surface area (Å²) in [7, 11) is 0. The molecule has 0 bridgehead atoms. The van der Waals surface area contributed by atoms with Crippen molar-refractivity contribution in [3.63, 3.8) is 0 Å². The number of ether oxygens (including phenoxy) is 1. The standard InChI is InChI=1S/C20H17N3O3/c1-12(24)23-17-7-4-13(5-8-17)20(25)26-18-9-6-14-10-16(19(21)22)3-2-15(14)11-18/h2-11H,1H3,(H3,21,22)(H,23,24). The Morgan fingerprint density at radius 3 is 2.19 bits per heavy atom. The van der Waals surface area contributed by atoms with Gasteiger partial charge in [0.2, 0.25) is 5.91 Å². The average molecular weight is 347 g/mol. The lowest BCUT2D eigenvalue weighted by Crippen LogP contribution is -2.10. The van der Waals surface area contributed by atoms with E-state index >= 15 is 0 Å². The summed E-state index contributed by atoms with van der Waals surface area (Å²) in [6.45, 7) is 1.42. The van der Waals surface area contributed by atoms with Gasteiger partial charge in [0.25, 0.3) is 0 Å². The summed E-state index contributed by atoms with van der Waals surface area (Å²) < 4.78 is 5.41. The zero-order valence-corrected chi connectivity index (χ0v) is 14.1. The number of carbonyl (C=O) groups excluding carboxylic acids is 2. The van der Waals surface area contributed by atoms with Crippen LogP contribution >= 0.6 is 0 Å². The van der Waals surface area contributed by atoms with Crippen molar-refractivity contribution in [3.8, 4) is 5.75 Å². The number of rotatable bonds is 4. The first-order chi connectivity index (χ1) is 12.4. The largest absolute Gasteiger partial charge is 0.423 e. The van der Waals surface area contributed by atoms with Crippen molar-refractivity contribution in [3.05, 3.63) is 71.8 Å². The van der Waals surface area contributed by atoms with Crippen LogP contribution in [-0.4, -0.2) is 17.7 Å². The van der Waals surface area contributed by atoms with Gasteiger partial charge in [-0.3, -0.25) is 10.2 Å². The second kappa shape index (κ2) is 7.06. The molecule has 4 N–H and O–H groups in total. The molecule has 0 radical (unpaired) electrons. The van der Waals surface area contributed by atoms with Crippen LogP contribution in [0.5, 0.6) is 5.75 Å². The number of amides is 1. The molecule has 3 rings (SSSR count). The fraction of sp³-hybridized carbons (Fsp3) is 0.0500. The SMILES string of the molecule is CC(=O)Nc1ccc(C(=O)Oc2ccc3cc(C(=N)N)ccc3c2)cc1. The van der Waals surface area contributed by atoms with Crippen molar-refractivity contribution in [2.75, 3.05) is 5.32 Å². The zero-order chi connectivity index (χ0) is 18.7. The average Bonchev–Trinajstić information content (AvgIpc) is 2.61. The van der Waals surface area contributed by atoms with E-state index in [0.717, 1.165) is 10.8 Å². The smallest absolute Gasteiger partial charge is 0.343 e. The molecular weight excluding hydrogens is 330 g/mol. The Morgan fingerprint density at radius 2 is 1.54 bits per heavy atom. The van der Waals surface area contributed by atoms with E-state index in [0.29, 0.717) is 22.6 Å². The van der Waals surface area contributed by atoms with Crippen LogP contribution in [0.4, 0.5) is 5.69 Å². The molecule has 6 nitrogen and oxygen atoms in total. The van der Waals surface area contributed by atoms with Gasteiger partial charge in [-0.25, -0.2) is 4.79 Å². The van der Waals surface area contributed by atoms with Crippen LogP contribution in [0.25, 0.3) is 10.8 Å². The topological polar surface area (TPSA) is 105 Å². The predicted octanol–water partition coefficient (Wildman–Crippen LogP) is 3.30. The molecule has 0 fully saturated rings. The van der Waals surface area contributed by atoms with Gasteiger partial charge in [0.15, 0.2) is 0 Å². The van der Waals surface area contributed by atoms with Gasteiger partial charge in [-0.2, -0.15) is 0 Å². The fourth-order valence-electron chi connectivity index (χ4n) is 2.51. The quantitative estimate of drug-likeness (QED) is 0.291. The summed E-state index contributed by atoms with van der Waals surface area (Å²) in [4.78, 5) is 23.3. The van der Waals surface area contributed by atoms with Gasteiger partial charge in [0.05, 0.1) is 5.56 Å². The van der Waals surface area contributed by atoms with E-state index in [-0.39, 0.29) is 11.7 Å². The minimum atomic E-state index is -0.487. The molecule has 26 heavy (non-hydrogen) atoms. The van der Waals surface area contributed by atoms with Gasteiger partial charge >= 0.3 is 5.97 Å². The molecule has 0 atom stereocenters. The molecule has 0 saturated heterocycles. The molecule has 0 unspecified atom stereocenters. The number of nitrogens with two attached hydrogens (primary N) is 1. The number of hydrogen-bond acceptors (Lipinski definition) is 4. The Bertz CT molecular complexity index is 1010. The highest BCUT2D eigenvalue weighted by Gasteiger charge is 2.10. The first-order valence-electron chi connectivity index (χ1n) is 7.90. The van der Waals surface area contributed by atoms with Gasteiger partial charge in [-0.05, 0) is 53.2 Å². The number of nitrogen functional groups attached to an aromatic ring is 1. The Kier molecular flexibility index (Phi) is 4.66. The van der Waals surface area contributed by atoms with Crippen molar-refractivity contribution < 1.29 is 14.3 Å². The van der Waals surface area contributed by atoms with Crippen LogP contribution in [0.2, 0.25) is 0 Å². The molecule has 3 aromatic rings. The first-order valence-corrected chi connectivity index (χ1v) is 7.90. The molecule has 0 aliphatic heterocycles. The second-order valence-corrected chi connectivity index (χ2v) is 5.79. The van der Waals surface area contributed by atoms with Crippen LogP contribution in [0.3, 0.4) is 0 Å². The van der Waals surface area contributed by atoms with Crippen molar-refractivity contribution in [1.29, 1.82) is 5.41 Å². The Morgan fingerprint density at radius 1 is 0.923 bits per heavy atom. The van der Waals surface area contributed by atoms with E-state index in [1.165, 1.54) is 6.92 Å². The lowest BCUT2D eigenvalue weighted by Gasteiger charge is -2.08. The maximum Gasteiger partial charge on any atom is 0.343 e. The number of anilines is 1. The Labute approximate surface area is 150 Å². The monoisotopic (exact) mass is 347 g/mol. The molecule has 6 heteroatoms. The number of amidine groups is 1. The third kappa shape index (κ3) is 3.87. The molecule has 0 saturated carbocycles. The van der Waals surface area contributed by atoms with E-state index in [9.17, 15) is 9.59 Å². The molecule has 0 aliphatic rings. The maximum absolute atomic E-state index is 12.3. The lowest BCUT2D eigenvalue weighted by molar-refractivity contribution is -0.114. The van der Waals surface area contributed by atoms with Gasteiger partial charge in [0, 0.05) is 18.2 Å². The molecular formula is C20H17N3O3. The number of nitrogens with one attached hydrogen (secondary N) is 2. The van der Waals surface area contributed by atoms with Crippen LogP contribution in [0, 0.1) is 5.41 Å². The molecule has 0 aromatic heterocycles. The van der Waals surface area contributed by atoms with Crippen molar-refractivity contribution in [1.82, 2.24) is 0 Å². The maximum atomic E-state index is 12.3. The minimum Gasteiger partial charge on any atom is -0.423 e. The number of hydrogen-bond donors (Lipinski definition) is 3. The van der Waals surface area contributed by atoms with Gasteiger partial charge in [-0.15, -0.1) is 0 Å². The van der Waals surface area contributed by atoms with Crippen LogP contribution < -0.4 is 15.8 Å². The summed E-state index contributed by atoms with van der Waals surface area (Å²) in [5.41, 5.74) is 7.13. The fourth-order valence-corrected chi connectivity index (χ4v) is 2.51. The second-order valence-electron chi connectivity index (χ2n) is 5.79. The molecule has 130 valence electrons. The number of benzene rings is 3. The van der Waals surface area contributed by atoms with Crippen molar-refractivity contribution in [2.45, 2.75) is 6.92 Å². The van der Waals surface area contributed by atoms with E-state index in [1.54, 1.807) is 42.5 Å². The van der Waals surface area contributed by atoms with Crippen molar-refractivity contribution >= 4 is 34.2 Å². The first kappa shape index (κ1) is 17.2. The number of carbonyl (C=O) groups is 2. The van der Waals surface area contributed by atoms with Gasteiger partial charge in [-0.1, -0.05) is 18.2 Å². The van der Waals surface area contributed by atoms with E-state index in [1.807, 2.05) is 18.2 Å². The van der Waals surface area contributed by atoms with E-state index in [2.05, 4.69) is 5.32 Å². The van der Waals surface area contributed by atoms with Crippen LogP contribution in [-0.2, 0) is 4.79 Å². The number of esters is 1. The summed E-state index contributed by atoms with van der Waals surface area (Å²) in [6.07, 6.45) is 0. The Balaban J connectivity index is 1.77. The molecule has 0 aliphatic carbocycles. The van der Waals surface area contributed by atoms with Crippen LogP contribution in [0.1, 0.15) is 22.8 Å². The molecule has 1 amide bonds. The van der Waals surface area contributed by atoms with Gasteiger partial charge < -0.3 is 15.8 Å². The third-order valence-corrected chi connectivity index (χ3v) is 3.77. The number of fused-ring (bicyclic) bond motifs is 1. The van der Waals surface area contributed by atoms with E-state index < -0.39 is 5.97 Å². The summed E-state index contributed by atoms with van der Waals surface area (Å²) >= 11 is 0. The third-order valence-electron chi connectivity index (χ3n) is 3.77. The summed E-state index contributed by atoms with van der Waals surface area (Å²) in [5.74, 6) is -0.238. The molecule has 3 aromatic carbocycles.